The fourth-order valence-electron chi connectivity index (χ4n) is 2.07. The number of nitrogens with one attached hydrogen (secondary N) is 2. The van der Waals surface area contributed by atoms with Gasteiger partial charge >= 0.3 is 0 Å². The van der Waals surface area contributed by atoms with Gasteiger partial charge in [0.05, 0.1) is 11.4 Å². The molecule has 0 amide bonds. The quantitative estimate of drug-likeness (QED) is 0.292. The Labute approximate surface area is 145 Å². The van der Waals surface area contributed by atoms with Crippen molar-refractivity contribution >= 4 is 16.0 Å². The minimum Gasteiger partial charge on any atom is -0.357 e. The van der Waals surface area contributed by atoms with Gasteiger partial charge in [0.15, 0.2) is 5.96 Å². The third-order valence-corrected chi connectivity index (χ3v) is 4.79. The molecule has 1 aromatic carbocycles. The molecule has 0 fully saturated rings. The molecule has 0 aliphatic rings. The molecular weight excluding hydrogens is 324 g/mol. The van der Waals surface area contributed by atoms with Crippen molar-refractivity contribution in [3.63, 3.8) is 0 Å². The summed E-state index contributed by atoms with van der Waals surface area (Å²) in [6.07, 6.45) is 3.86. The number of aliphatic imine (C=N–C) groups is 1. The molecule has 24 heavy (non-hydrogen) atoms. The lowest BCUT2D eigenvalue weighted by Crippen LogP contribution is -2.40. The van der Waals surface area contributed by atoms with Gasteiger partial charge in [-0.1, -0.05) is 24.3 Å². The largest absolute Gasteiger partial charge is 0.357 e. The van der Waals surface area contributed by atoms with Crippen LogP contribution in [0.4, 0.5) is 0 Å². The van der Waals surface area contributed by atoms with E-state index in [1.165, 1.54) is 0 Å². The first kappa shape index (κ1) is 20.2. The number of guanidine groups is 1. The van der Waals surface area contributed by atoms with Crippen molar-refractivity contribution < 1.29 is 8.42 Å². The summed E-state index contributed by atoms with van der Waals surface area (Å²) in [4.78, 5) is 6.77. The maximum absolute atomic E-state index is 12.1. The predicted octanol–water partition coefficient (Wildman–Crippen LogP) is 1.83. The Morgan fingerprint density at radius 1 is 1.33 bits per heavy atom. The standard InChI is InChI=1S/C17H28N4O2S/c1-4-6-10-15-21(3)17(18-5-2)19-13-14-20-24(22,23)16-11-8-7-9-12-16/h4,7-9,11-12,20H,1,5-6,10,13-15H2,2-3H3,(H,18,19). The summed E-state index contributed by atoms with van der Waals surface area (Å²) in [5.41, 5.74) is 0. The average molecular weight is 353 g/mol. The van der Waals surface area contributed by atoms with Crippen LogP contribution in [0.1, 0.15) is 19.8 Å². The summed E-state index contributed by atoms with van der Waals surface area (Å²) in [6, 6.07) is 8.34. The zero-order valence-corrected chi connectivity index (χ0v) is 15.3. The molecule has 0 saturated heterocycles. The number of hydrogen-bond acceptors (Lipinski definition) is 3. The molecule has 0 aromatic heterocycles. The molecule has 0 spiro atoms. The second kappa shape index (κ2) is 10.8. The van der Waals surface area contributed by atoms with Crippen molar-refractivity contribution in [1.82, 2.24) is 14.9 Å². The summed E-state index contributed by atoms with van der Waals surface area (Å²) in [6.45, 7) is 7.99. The van der Waals surface area contributed by atoms with Crippen LogP contribution in [0.2, 0.25) is 0 Å². The molecule has 0 aliphatic carbocycles. The van der Waals surface area contributed by atoms with Crippen LogP contribution in [0, 0.1) is 0 Å². The van der Waals surface area contributed by atoms with Crippen LogP contribution in [-0.4, -0.2) is 52.5 Å². The van der Waals surface area contributed by atoms with Crippen molar-refractivity contribution in [3.8, 4) is 0 Å². The summed E-state index contributed by atoms with van der Waals surface area (Å²) in [7, 11) is -1.50. The van der Waals surface area contributed by atoms with Crippen LogP contribution in [0.5, 0.6) is 0 Å². The highest BCUT2D eigenvalue weighted by Gasteiger charge is 2.12. The van der Waals surface area contributed by atoms with Gasteiger partial charge in [-0.15, -0.1) is 6.58 Å². The number of rotatable bonds is 10. The van der Waals surface area contributed by atoms with Crippen LogP contribution >= 0.6 is 0 Å². The molecular formula is C17H28N4O2S. The van der Waals surface area contributed by atoms with Crippen LogP contribution in [0.25, 0.3) is 0 Å². The molecule has 0 bridgehead atoms. The second-order valence-electron chi connectivity index (χ2n) is 5.30. The maximum atomic E-state index is 12.1. The van der Waals surface area contributed by atoms with Crippen molar-refractivity contribution in [2.75, 3.05) is 33.2 Å². The number of benzene rings is 1. The molecule has 1 rings (SSSR count). The average Bonchev–Trinajstić information content (AvgIpc) is 2.58. The smallest absolute Gasteiger partial charge is 0.240 e. The van der Waals surface area contributed by atoms with Gasteiger partial charge in [-0.3, -0.25) is 4.99 Å². The molecule has 7 heteroatoms. The second-order valence-corrected chi connectivity index (χ2v) is 7.07. The molecule has 0 atom stereocenters. The third-order valence-electron chi connectivity index (χ3n) is 3.32. The van der Waals surface area contributed by atoms with Gasteiger partial charge in [0.25, 0.3) is 0 Å². The molecule has 2 N–H and O–H groups in total. The molecule has 6 nitrogen and oxygen atoms in total. The third kappa shape index (κ3) is 7.14. The predicted molar refractivity (Wildman–Crippen MR) is 99.7 cm³/mol. The van der Waals surface area contributed by atoms with Crippen molar-refractivity contribution in [2.24, 2.45) is 4.99 Å². The monoisotopic (exact) mass is 352 g/mol. The van der Waals surface area contributed by atoms with Crippen LogP contribution in [0.3, 0.4) is 0 Å². The van der Waals surface area contributed by atoms with Gasteiger partial charge in [-0.2, -0.15) is 0 Å². The maximum Gasteiger partial charge on any atom is 0.240 e. The molecule has 0 heterocycles. The first-order chi connectivity index (χ1) is 11.5. The summed E-state index contributed by atoms with van der Waals surface area (Å²) >= 11 is 0. The normalized spacial score (nSPS) is 12.0. The zero-order chi connectivity index (χ0) is 17.8. The highest BCUT2D eigenvalue weighted by atomic mass is 32.2. The number of unbranched alkanes of at least 4 members (excludes halogenated alkanes) is 1. The Morgan fingerprint density at radius 3 is 2.67 bits per heavy atom. The van der Waals surface area contributed by atoms with Gasteiger partial charge in [-0.25, -0.2) is 13.1 Å². The van der Waals surface area contributed by atoms with E-state index in [1.54, 1.807) is 30.3 Å². The molecule has 134 valence electrons. The van der Waals surface area contributed by atoms with E-state index >= 15 is 0 Å². The van der Waals surface area contributed by atoms with Crippen LogP contribution < -0.4 is 10.0 Å². The highest BCUT2D eigenvalue weighted by Crippen LogP contribution is 2.06. The van der Waals surface area contributed by atoms with E-state index in [0.717, 1.165) is 31.9 Å². The number of sulfonamides is 1. The fourth-order valence-corrected chi connectivity index (χ4v) is 3.12. The minimum atomic E-state index is -3.47. The number of allylic oxidation sites excluding steroid dienone is 1. The van der Waals surface area contributed by atoms with Gasteiger partial charge < -0.3 is 10.2 Å². The Balaban J connectivity index is 2.53. The first-order valence-electron chi connectivity index (χ1n) is 8.16. The SMILES string of the molecule is C=CCCCN(C)C(=NCCNS(=O)(=O)c1ccccc1)NCC. The Hall–Kier alpha value is -1.86. The number of hydrogen-bond donors (Lipinski definition) is 2. The number of nitrogens with zero attached hydrogens (tertiary/aromatic N) is 2. The molecule has 0 unspecified atom stereocenters. The lowest BCUT2D eigenvalue weighted by molar-refractivity contribution is 0.470. The van der Waals surface area contributed by atoms with E-state index in [1.807, 2.05) is 24.9 Å². The van der Waals surface area contributed by atoms with E-state index in [-0.39, 0.29) is 11.4 Å². The summed E-state index contributed by atoms with van der Waals surface area (Å²) in [5.74, 6) is 0.778. The molecule has 0 aliphatic heterocycles. The van der Waals surface area contributed by atoms with Gasteiger partial charge in [0.2, 0.25) is 10.0 Å². The zero-order valence-electron chi connectivity index (χ0n) is 14.5. The van der Waals surface area contributed by atoms with Gasteiger partial charge in [-0.05, 0) is 31.9 Å². The van der Waals surface area contributed by atoms with Crippen molar-refractivity contribution in [3.05, 3.63) is 43.0 Å². The van der Waals surface area contributed by atoms with Crippen molar-refractivity contribution in [1.29, 1.82) is 0 Å². The molecule has 0 saturated carbocycles. The van der Waals surface area contributed by atoms with E-state index in [4.69, 9.17) is 0 Å². The Morgan fingerprint density at radius 2 is 2.04 bits per heavy atom. The van der Waals surface area contributed by atoms with E-state index in [2.05, 4.69) is 21.6 Å². The van der Waals surface area contributed by atoms with E-state index in [9.17, 15) is 8.42 Å². The first-order valence-corrected chi connectivity index (χ1v) is 9.64. The Kier molecular flexibility index (Phi) is 9.11. The summed E-state index contributed by atoms with van der Waals surface area (Å²) in [5, 5.41) is 3.21. The van der Waals surface area contributed by atoms with Crippen molar-refractivity contribution in [2.45, 2.75) is 24.7 Å². The van der Waals surface area contributed by atoms with E-state index < -0.39 is 10.0 Å². The van der Waals surface area contributed by atoms with Crippen LogP contribution in [-0.2, 0) is 10.0 Å². The van der Waals surface area contributed by atoms with E-state index in [0.29, 0.717) is 6.54 Å². The van der Waals surface area contributed by atoms with Crippen LogP contribution in [0.15, 0.2) is 52.9 Å². The highest BCUT2D eigenvalue weighted by molar-refractivity contribution is 7.89. The molecule has 1 aromatic rings. The molecule has 0 radical (unpaired) electrons. The lowest BCUT2D eigenvalue weighted by atomic mass is 10.3. The fraction of sp³-hybridized carbons (Fsp3) is 0.471. The topological polar surface area (TPSA) is 73.8 Å². The Bertz CT molecular complexity index is 615. The summed E-state index contributed by atoms with van der Waals surface area (Å²) < 4.78 is 26.8. The van der Waals surface area contributed by atoms with Gasteiger partial charge in [0, 0.05) is 26.7 Å². The van der Waals surface area contributed by atoms with Gasteiger partial charge in [0.1, 0.15) is 0 Å². The minimum absolute atomic E-state index is 0.257. The lowest BCUT2D eigenvalue weighted by Gasteiger charge is -2.21.